The van der Waals surface area contributed by atoms with Crippen LogP contribution in [-0.4, -0.2) is 34.5 Å². The molecular formula is C35H54ClNO5. The molecule has 0 heterocycles. The van der Waals surface area contributed by atoms with Gasteiger partial charge in [-0.1, -0.05) is 48.5 Å². The van der Waals surface area contributed by atoms with Crippen LogP contribution in [0.25, 0.3) is 0 Å². The number of hydrogen-bond acceptors (Lipinski definition) is 5. The number of carbonyl (C=O) groups is 3. The third kappa shape index (κ3) is 4.30. The summed E-state index contributed by atoms with van der Waals surface area (Å²) in [5, 5.41) is 9.52. The van der Waals surface area contributed by atoms with Gasteiger partial charge in [-0.2, -0.15) is 0 Å². The van der Waals surface area contributed by atoms with Gasteiger partial charge in [0.05, 0.1) is 17.4 Å². The van der Waals surface area contributed by atoms with Crippen molar-refractivity contribution in [3.05, 3.63) is 11.1 Å². The molecule has 5 aliphatic carbocycles. The highest BCUT2D eigenvalue weighted by Gasteiger charge is 2.70. The lowest BCUT2D eigenvalue weighted by molar-refractivity contribution is -0.232. The van der Waals surface area contributed by atoms with Crippen LogP contribution in [0, 0.1) is 50.7 Å². The van der Waals surface area contributed by atoms with Crippen molar-refractivity contribution in [3.63, 3.8) is 0 Å². The molecule has 0 bridgehead atoms. The molecule has 7 heteroatoms. The highest BCUT2D eigenvalue weighted by Crippen LogP contribution is 2.75. The number of nitrogens with one attached hydrogen (secondary N) is 1. The van der Waals surface area contributed by atoms with Crippen LogP contribution in [0.2, 0.25) is 0 Å². The summed E-state index contributed by atoms with van der Waals surface area (Å²) in [5.41, 5.74) is 0.956. The third-order valence-corrected chi connectivity index (χ3v) is 14.4. The van der Waals surface area contributed by atoms with Gasteiger partial charge in [-0.3, -0.25) is 14.4 Å². The predicted octanol–water partition coefficient (Wildman–Crippen LogP) is 7.88. The second-order valence-electron chi connectivity index (χ2n) is 17.1. The quantitative estimate of drug-likeness (QED) is 0.237. The first-order valence-corrected chi connectivity index (χ1v) is 16.8. The predicted molar refractivity (Wildman–Crippen MR) is 165 cm³/mol. The molecule has 0 aliphatic heterocycles. The molecule has 0 spiro atoms. The molecule has 6 nitrogen and oxygen atoms in total. The van der Waals surface area contributed by atoms with Crippen molar-refractivity contribution < 1.29 is 24.2 Å². The van der Waals surface area contributed by atoms with E-state index < -0.39 is 22.9 Å². The molecule has 4 fully saturated rings. The number of ketones is 1. The van der Waals surface area contributed by atoms with Gasteiger partial charge in [0.2, 0.25) is 0 Å². The lowest BCUT2D eigenvalue weighted by Gasteiger charge is -2.72. The van der Waals surface area contributed by atoms with Crippen LogP contribution in [0.3, 0.4) is 0 Å². The van der Waals surface area contributed by atoms with Crippen LogP contribution in [0.5, 0.6) is 0 Å². The topological polar surface area (TPSA) is 92.7 Å². The zero-order valence-corrected chi connectivity index (χ0v) is 28.2. The second-order valence-corrected chi connectivity index (χ2v) is 17.3. The van der Waals surface area contributed by atoms with E-state index in [0.717, 1.165) is 56.9 Å². The van der Waals surface area contributed by atoms with E-state index >= 15 is 0 Å². The number of Topliss-reactive ketones (excluding diaryl/α,β-unsaturated/α-hetero) is 1. The van der Waals surface area contributed by atoms with Crippen LogP contribution >= 0.6 is 11.8 Å². The Balaban J connectivity index is 1.44. The number of carboxylic acid groups (broad SMARTS) is 1. The summed E-state index contributed by atoms with van der Waals surface area (Å²) in [6.07, 6.45) is 8.38. The van der Waals surface area contributed by atoms with Crippen molar-refractivity contribution in [1.29, 1.82) is 0 Å². The minimum atomic E-state index is -1.14. The zero-order valence-electron chi connectivity index (χ0n) is 27.4. The normalized spacial score (nSPS) is 42.9. The second kappa shape index (κ2) is 10.1. The number of carboxylic acids is 1. The molecule has 0 radical (unpaired) electrons. The SMILES string of the molecule is CC(C)C1=C2[C@H]3CC[C@@H]4[C@@]5(C)CC[C@H](OC(=O)CC(C)(C)C(=O)O)C(C)(C)[C@@H]5CC[C@@]4(C)[C@]3(C)CC[C@@]2(NCl)CC1=O. The fraction of sp³-hybridized carbons (Fsp3) is 0.857. The van der Waals surface area contributed by atoms with Crippen molar-refractivity contribution in [2.24, 2.45) is 50.7 Å². The summed E-state index contributed by atoms with van der Waals surface area (Å²) in [4.78, 5) is 41.1. The molecule has 42 heavy (non-hydrogen) atoms. The monoisotopic (exact) mass is 603 g/mol. The minimum absolute atomic E-state index is 0.0805. The van der Waals surface area contributed by atoms with Gasteiger partial charge in [-0.05, 0) is 128 Å². The Hall–Kier alpha value is -1.40. The molecule has 0 aromatic heterocycles. The van der Waals surface area contributed by atoms with E-state index in [1.165, 1.54) is 5.57 Å². The molecule has 2 N–H and O–H groups in total. The fourth-order valence-electron chi connectivity index (χ4n) is 11.5. The van der Waals surface area contributed by atoms with Gasteiger partial charge < -0.3 is 9.84 Å². The van der Waals surface area contributed by atoms with E-state index in [4.69, 9.17) is 16.5 Å². The molecule has 0 unspecified atom stereocenters. The lowest BCUT2D eigenvalue weighted by atomic mass is 9.33. The molecule has 0 amide bonds. The molecule has 236 valence electrons. The van der Waals surface area contributed by atoms with E-state index in [9.17, 15) is 19.5 Å². The van der Waals surface area contributed by atoms with Crippen molar-refractivity contribution in [2.75, 3.05) is 0 Å². The number of esters is 1. The van der Waals surface area contributed by atoms with E-state index in [1.807, 2.05) is 0 Å². The van der Waals surface area contributed by atoms with Crippen molar-refractivity contribution in [1.82, 2.24) is 4.84 Å². The first-order valence-electron chi connectivity index (χ1n) is 16.4. The lowest BCUT2D eigenvalue weighted by Crippen LogP contribution is -2.66. The number of carbonyl (C=O) groups excluding carboxylic acids is 2. The number of allylic oxidation sites excluding steroid dienone is 1. The Kier molecular flexibility index (Phi) is 7.66. The number of aliphatic carboxylic acids is 1. The smallest absolute Gasteiger partial charge is 0.309 e. The molecule has 5 aliphatic rings. The highest BCUT2D eigenvalue weighted by atomic mass is 35.5. The first kappa shape index (κ1) is 32.0. The van der Waals surface area contributed by atoms with Gasteiger partial charge in [0.1, 0.15) is 6.10 Å². The van der Waals surface area contributed by atoms with Crippen LogP contribution in [0.15, 0.2) is 11.1 Å². The molecular weight excluding hydrogens is 550 g/mol. The maximum atomic E-state index is 13.4. The molecule has 5 rings (SSSR count). The molecule has 0 aromatic carbocycles. The van der Waals surface area contributed by atoms with Gasteiger partial charge in [0, 0.05) is 11.8 Å². The van der Waals surface area contributed by atoms with E-state index in [1.54, 1.807) is 13.8 Å². The van der Waals surface area contributed by atoms with E-state index in [2.05, 4.69) is 53.3 Å². The van der Waals surface area contributed by atoms with Crippen molar-refractivity contribution in [2.45, 2.75) is 138 Å². The Morgan fingerprint density at radius 3 is 2.24 bits per heavy atom. The molecule has 0 aromatic rings. The van der Waals surface area contributed by atoms with Crippen molar-refractivity contribution in [3.8, 4) is 0 Å². The average Bonchev–Trinajstić information content (AvgIpc) is 3.18. The van der Waals surface area contributed by atoms with Gasteiger partial charge in [-0.25, -0.2) is 4.84 Å². The highest BCUT2D eigenvalue weighted by molar-refractivity contribution is 6.15. The number of rotatable bonds is 6. The molecule has 0 saturated heterocycles. The largest absolute Gasteiger partial charge is 0.481 e. The van der Waals surface area contributed by atoms with Crippen LogP contribution in [-0.2, 0) is 19.1 Å². The van der Waals surface area contributed by atoms with Gasteiger partial charge in [-0.15, -0.1) is 0 Å². The number of fused-ring (bicyclic) bond motifs is 7. The maximum absolute atomic E-state index is 13.4. The third-order valence-electron chi connectivity index (χ3n) is 14.0. The Morgan fingerprint density at radius 2 is 1.64 bits per heavy atom. The van der Waals surface area contributed by atoms with Crippen LogP contribution in [0.4, 0.5) is 0 Å². The number of ether oxygens (including phenoxy) is 1. The summed E-state index contributed by atoms with van der Waals surface area (Å²) in [5.74, 6) is 0.395. The summed E-state index contributed by atoms with van der Waals surface area (Å²) in [6.45, 7) is 19.6. The summed E-state index contributed by atoms with van der Waals surface area (Å²) in [7, 11) is 0. The van der Waals surface area contributed by atoms with Gasteiger partial charge in [0.25, 0.3) is 0 Å². The average molecular weight is 604 g/mol. The summed E-state index contributed by atoms with van der Waals surface area (Å²) >= 11 is 6.50. The maximum Gasteiger partial charge on any atom is 0.309 e. The first-order chi connectivity index (χ1) is 19.3. The van der Waals surface area contributed by atoms with Crippen LogP contribution in [0.1, 0.15) is 127 Å². The standard InChI is InChI=1S/C35H54ClNO5/c1-20(2)27-22(38)18-35(37-36)17-16-33(8)21(28(27)35)10-11-24-32(7)14-13-25(42-26(39)19-30(3,4)29(40)41)31(5,6)23(32)12-15-34(24,33)9/h20-21,23-25,37H,10-19H2,1-9H3,(H,40,41)/t21-,23+,24-,25+,32+,33-,34-,35-/m1/s1. The van der Waals surface area contributed by atoms with E-state index in [0.29, 0.717) is 24.2 Å². The van der Waals surface area contributed by atoms with Crippen LogP contribution < -0.4 is 4.84 Å². The molecule has 8 atom stereocenters. The molecule has 4 saturated carbocycles. The number of hydrogen-bond donors (Lipinski definition) is 2. The minimum Gasteiger partial charge on any atom is -0.481 e. The Bertz CT molecular complexity index is 1210. The Morgan fingerprint density at radius 1 is 0.976 bits per heavy atom. The van der Waals surface area contributed by atoms with E-state index in [-0.39, 0.29) is 45.9 Å². The van der Waals surface area contributed by atoms with Crippen molar-refractivity contribution >= 4 is 29.5 Å². The summed E-state index contributed by atoms with van der Waals surface area (Å²) in [6, 6.07) is 0. The van der Waals surface area contributed by atoms with Gasteiger partial charge >= 0.3 is 11.9 Å². The number of halogens is 1. The fourth-order valence-corrected chi connectivity index (χ4v) is 11.8. The Labute approximate surface area is 258 Å². The summed E-state index contributed by atoms with van der Waals surface area (Å²) < 4.78 is 6.11. The zero-order chi connectivity index (χ0) is 31.3. The van der Waals surface area contributed by atoms with Gasteiger partial charge in [0.15, 0.2) is 5.78 Å².